The molecule has 2 rings (SSSR count). The van der Waals surface area contributed by atoms with Crippen LogP contribution in [-0.4, -0.2) is 22.5 Å². The van der Waals surface area contributed by atoms with E-state index in [0.717, 1.165) is 5.56 Å². The van der Waals surface area contributed by atoms with Gasteiger partial charge in [-0.15, -0.1) is 0 Å². The van der Waals surface area contributed by atoms with Crippen LogP contribution in [0, 0.1) is 0 Å². The van der Waals surface area contributed by atoms with E-state index in [1.165, 1.54) is 12.2 Å². The molecule has 0 spiro atoms. The Morgan fingerprint density at radius 1 is 1.19 bits per heavy atom. The molecule has 1 aromatic rings. The van der Waals surface area contributed by atoms with E-state index in [9.17, 15) is 14.7 Å². The van der Waals surface area contributed by atoms with E-state index in [2.05, 4.69) is 5.32 Å². The monoisotopic (exact) mass is 217 g/mol. The zero-order chi connectivity index (χ0) is 11.6. The summed E-state index contributed by atoms with van der Waals surface area (Å²) >= 11 is 0. The Bertz CT molecular complexity index is 453. The van der Waals surface area contributed by atoms with Crippen LogP contribution in [0.15, 0.2) is 42.5 Å². The molecular weight excluding hydrogens is 206 g/mol. The summed E-state index contributed by atoms with van der Waals surface area (Å²) in [5.74, 6) is -1.17. The van der Waals surface area contributed by atoms with E-state index in [1.54, 1.807) is 0 Å². The number of benzene rings is 1. The van der Waals surface area contributed by atoms with Crippen molar-refractivity contribution < 1.29 is 14.7 Å². The highest BCUT2D eigenvalue weighted by Gasteiger charge is 2.36. The lowest BCUT2D eigenvalue weighted by molar-refractivity contribution is -0.140. The molecule has 2 amide bonds. The van der Waals surface area contributed by atoms with Crippen LogP contribution in [0.25, 0.3) is 0 Å². The van der Waals surface area contributed by atoms with Crippen LogP contribution in [0.2, 0.25) is 0 Å². The number of hydrogen-bond donors (Lipinski definition) is 2. The molecule has 4 heteroatoms. The molecule has 4 nitrogen and oxygen atoms in total. The second kappa shape index (κ2) is 3.90. The van der Waals surface area contributed by atoms with Crippen LogP contribution >= 0.6 is 0 Å². The number of rotatable bonds is 2. The van der Waals surface area contributed by atoms with Crippen molar-refractivity contribution in [1.29, 1.82) is 0 Å². The maximum atomic E-state index is 11.5. The Morgan fingerprint density at radius 3 is 2.50 bits per heavy atom. The molecule has 0 saturated carbocycles. The summed E-state index contributed by atoms with van der Waals surface area (Å²) in [7, 11) is 0. The number of hydrogen-bond acceptors (Lipinski definition) is 3. The van der Waals surface area contributed by atoms with E-state index in [1.807, 2.05) is 30.3 Å². The molecule has 0 aliphatic carbocycles. The van der Waals surface area contributed by atoms with Gasteiger partial charge in [0.05, 0.1) is 0 Å². The first-order valence-electron chi connectivity index (χ1n) is 4.91. The van der Waals surface area contributed by atoms with Crippen LogP contribution in [0.4, 0.5) is 0 Å². The van der Waals surface area contributed by atoms with Gasteiger partial charge in [-0.25, -0.2) is 0 Å². The van der Waals surface area contributed by atoms with Crippen molar-refractivity contribution in [2.24, 2.45) is 0 Å². The van der Waals surface area contributed by atoms with Crippen molar-refractivity contribution in [2.75, 3.05) is 0 Å². The Kier molecular flexibility index (Phi) is 2.58. The summed E-state index contributed by atoms with van der Waals surface area (Å²) in [5, 5.41) is 12.1. The van der Waals surface area contributed by atoms with Crippen molar-refractivity contribution >= 4 is 11.8 Å². The molecule has 1 heterocycles. The van der Waals surface area contributed by atoms with Gasteiger partial charge in [0, 0.05) is 12.5 Å². The molecule has 16 heavy (non-hydrogen) atoms. The molecule has 0 fully saturated rings. The first kappa shape index (κ1) is 10.6. The zero-order valence-corrected chi connectivity index (χ0v) is 8.51. The summed E-state index contributed by atoms with van der Waals surface area (Å²) in [6, 6.07) is 9.14. The zero-order valence-electron chi connectivity index (χ0n) is 8.51. The largest absolute Gasteiger partial charge is 0.375 e. The van der Waals surface area contributed by atoms with E-state index >= 15 is 0 Å². The highest BCUT2D eigenvalue weighted by atomic mass is 16.3. The minimum Gasteiger partial charge on any atom is -0.375 e. The smallest absolute Gasteiger partial charge is 0.263 e. The lowest BCUT2D eigenvalue weighted by atomic mass is 9.91. The number of imide groups is 1. The molecule has 1 aromatic carbocycles. The van der Waals surface area contributed by atoms with E-state index in [4.69, 9.17) is 0 Å². The number of carbonyl (C=O) groups excluding carboxylic acids is 2. The lowest BCUT2D eigenvalue weighted by Gasteiger charge is -2.25. The van der Waals surface area contributed by atoms with Crippen molar-refractivity contribution in [3.05, 3.63) is 48.0 Å². The first-order valence-corrected chi connectivity index (χ1v) is 4.91. The first-order chi connectivity index (χ1) is 7.60. The van der Waals surface area contributed by atoms with Crippen LogP contribution in [0.5, 0.6) is 0 Å². The predicted molar refractivity (Wildman–Crippen MR) is 57.4 cm³/mol. The van der Waals surface area contributed by atoms with Crippen molar-refractivity contribution in [3.63, 3.8) is 0 Å². The topological polar surface area (TPSA) is 66.4 Å². The van der Waals surface area contributed by atoms with Gasteiger partial charge < -0.3 is 5.11 Å². The Hall–Kier alpha value is -1.94. The van der Waals surface area contributed by atoms with Crippen LogP contribution in [-0.2, 0) is 16.0 Å². The van der Waals surface area contributed by atoms with E-state index in [0.29, 0.717) is 0 Å². The quantitative estimate of drug-likeness (QED) is 0.694. The molecule has 1 aliphatic rings. The van der Waals surface area contributed by atoms with Crippen LogP contribution < -0.4 is 5.32 Å². The molecule has 0 bridgehead atoms. The summed E-state index contributed by atoms with van der Waals surface area (Å²) in [6.45, 7) is 0. The third-order valence-electron chi connectivity index (χ3n) is 2.46. The molecule has 0 unspecified atom stereocenters. The summed E-state index contributed by atoms with van der Waals surface area (Å²) in [5.41, 5.74) is -0.797. The minimum atomic E-state index is -1.63. The van der Waals surface area contributed by atoms with Crippen LogP contribution in [0.3, 0.4) is 0 Å². The highest BCUT2D eigenvalue weighted by molar-refractivity contribution is 6.08. The molecule has 1 atom stereocenters. The number of amides is 2. The summed E-state index contributed by atoms with van der Waals surface area (Å²) in [4.78, 5) is 22.4. The third kappa shape index (κ3) is 2.01. The summed E-state index contributed by atoms with van der Waals surface area (Å²) < 4.78 is 0. The third-order valence-corrected chi connectivity index (χ3v) is 2.46. The second-order valence-electron chi connectivity index (χ2n) is 3.74. The molecule has 0 aromatic heterocycles. The van der Waals surface area contributed by atoms with Gasteiger partial charge in [-0.3, -0.25) is 14.9 Å². The molecule has 82 valence electrons. The van der Waals surface area contributed by atoms with Crippen molar-refractivity contribution in [2.45, 2.75) is 12.0 Å². The fraction of sp³-hybridized carbons (Fsp3) is 0.167. The fourth-order valence-corrected chi connectivity index (χ4v) is 1.60. The molecule has 0 saturated heterocycles. The van der Waals surface area contributed by atoms with Gasteiger partial charge >= 0.3 is 0 Å². The standard InChI is InChI=1S/C12H11NO3/c14-10-6-7-12(16,11(15)13-10)8-9-4-2-1-3-5-9/h1-7,16H,8H2,(H,13,14,15)/t12-/m1/s1. The Morgan fingerprint density at radius 2 is 1.88 bits per heavy atom. The van der Waals surface area contributed by atoms with E-state index < -0.39 is 17.4 Å². The fourth-order valence-electron chi connectivity index (χ4n) is 1.60. The lowest BCUT2D eigenvalue weighted by Crippen LogP contribution is -2.51. The predicted octanol–water partition coefficient (Wildman–Crippen LogP) is 0.173. The Labute approximate surface area is 92.6 Å². The highest BCUT2D eigenvalue weighted by Crippen LogP contribution is 2.17. The normalized spacial score (nSPS) is 24.3. The van der Waals surface area contributed by atoms with Gasteiger partial charge in [-0.05, 0) is 11.6 Å². The maximum Gasteiger partial charge on any atom is 0.263 e. The molecular formula is C12H11NO3. The average Bonchev–Trinajstić information content (AvgIpc) is 2.26. The maximum absolute atomic E-state index is 11.5. The molecule has 1 aliphatic heterocycles. The van der Waals surface area contributed by atoms with Gasteiger partial charge in [-0.1, -0.05) is 30.3 Å². The SMILES string of the molecule is O=C1C=C[C@@](O)(Cc2ccccc2)C(=O)N1. The van der Waals surface area contributed by atoms with Crippen molar-refractivity contribution in [1.82, 2.24) is 5.32 Å². The molecule has 2 N–H and O–H groups in total. The van der Waals surface area contributed by atoms with E-state index in [-0.39, 0.29) is 6.42 Å². The second-order valence-corrected chi connectivity index (χ2v) is 3.74. The number of carbonyl (C=O) groups is 2. The average molecular weight is 217 g/mol. The number of aliphatic hydroxyl groups is 1. The van der Waals surface area contributed by atoms with Gasteiger partial charge in [0.25, 0.3) is 5.91 Å². The van der Waals surface area contributed by atoms with Gasteiger partial charge in [0.15, 0.2) is 5.60 Å². The van der Waals surface area contributed by atoms with Gasteiger partial charge in [-0.2, -0.15) is 0 Å². The minimum absolute atomic E-state index is 0.156. The number of nitrogens with one attached hydrogen (secondary N) is 1. The Balaban J connectivity index is 2.23. The van der Waals surface area contributed by atoms with Gasteiger partial charge in [0.1, 0.15) is 0 Å². The van der Waals surface area contributed by atoms with Crippen molar-refractivity contribution in [3.8, 4) is 0 Å². The van der Waals surface area contributed by atoms with Gasteiger partial charge in [0.2, 0.25) is 5.91 Å². The van der Waals surface area contributed by atoms with Crippen LogP contribution in [0.1, 0.15) is 5.56 Å². The summed E-state index contributed by atoms with van der Waals surface area (Å²) in [6.07, 6.45) is 2.56. The molecule has 0 radical (unpaired) electrons.